The second kappa shape index (κ2) is 18.1. The number of hydrogen-bond acceptors (Lipinski definition) is 9. The van der Waals surface area contributed by atoms with Gasteiger partial charge in [0, 0.05) is 99.3 Å². The highest BCUT2D eigenvalue weighted by Crippen LogP contribution is 2.64. The van der Waals surface area contributed by atoms with Gasteiger partial charge in [0.25, 0.3) is 0 Å². The molecule has 1 aromatic carbocycles. The number of fused-ring (bicyclic) bond motifs is 4. The third kappa shape index (κ3) is 8.36. The first-order chi connectivity index (χ1) is 32.2. The molecule has 0 radical (unpaired) electrons. The standard InChI is InChI=1S/C50H57Cl2FN10O4/c1-48(2)16-18-49(19-17-48)50(36-13-10-33(51)28-37(36)57-46(50)66)40(35-14-20-54-43(52)41(35)53)42(59-49)45(65)56-34-11-8-31(9-12-34)30-61-26-24-60(25-27-61)21-4-3-6-32-7-5-22-62-39(29-55-44(32)62)63-23-15-38(64)58-47(63)67/h5,7,10,13-14,20,22,28-29,31,34,40,42,59H,4,8-9,11-12,15-19,21,23-27,30H2,1-2H3,(H,56,65)(H,57,66)(H,58,64,67)/t31?,34?,40-,42?,50+/m0/s1. The van der Waals surface area contributed by atoms with Gasteiger partial charge in [-0.3, -0.25) is 39.2 Å². The summed E-state index contributed by atoms with van der Waals surface area (Å²) in [6, 6.07) is 9.39. The highest BCUT2D eigenvalue weighted by atomic mass is 35.5. The molecule has 4 aromatic rings. The number of carbonyl (C=O) groups is 4. The van der Waals surface area contributed by atoms with E-state index in [4.69, 9.17) is 23.2 Å². The van der Waals surface area contributed by atoms with Crippen LogP contribution in [0.1, 0.15) is 101 Å². The van der Waals surface area contributed by atoms with Crippen LogP contribution in [0.3, 0.4) is 0 Å². The zero-order valence-corrected chi connectivity index (χ0v) is 39.5. The summed E-state index contributed by atoms with van der Waals surface area (Å²) in [6.45, 7) is 10.6. The molecule has 10 rings (SSSR count). The maximum absolute atomic E-state index is 16.4. The van der Waals surface area contributed by atoms with Crippen LogP contribution in [-0.4, -0.2) is 111 Å². The van der Waals surface area contributed by atoms with Crippen molar-refractivity contribution in [2.24, 2.45) is 11.3 Å². The lowest BCUT2D eigenvalue weighted by molar-refractivity contribution is -0.125. The molecule has 17 heteroatoms. The van der Waals surface area contributed by atoms with E-state index in [1.54, 1.807) is 24.4 Å². The molecule has 5 fully saturated rings. The number of nitrogens with one attached hydrogen (secondary N) is 4. The van der Waals surface area contributed by atoms with Crippen LogP contribution in [0.5, 0.6) is 0 Å². The molecule has 3 aromatic heterocycles. The van der Waals surface area contributed by atoms with E-state index in [0.717, 1.165) is 95.3 Å². The SMILES string of the molecule is CC1(C)CCC2(CC1)NC(C(=O)NC1CCC(CN3CCN(CCC#Cc4cccn5c(N6CCC(=O)NC6=O)cnc45)CC3)CC1)[C@H](c1ccnc(Cl)c1F)[C@]21C(=O)Nc2cc(Cl)ccc21. The number of halogens is 3. The molecule has 2 saturated carbocycles. The molecule has 2 spiro atoms. The average molecular weight is 952 g/mol. The molecule has 4 N–H and O–H groups in total. The Balaban J connectivity index is 0.752. The summed E-state index contributed by atoms with van der Waals surface area (Å²) in [5.41, 5.74) is 0.865. The molecule has 3 saturated heterocycles. The summed E-state index contributed by atoms with van der Waals surface area (Å²) in [4.78, 5) is 68.9. The van der Waals surface area contributed by atoms with Gasteiger partial charge < -0.3 is 15.5 Å². The number of imidazole rings is 1. The summed E-state index contributed by atoms with van der Waals surface area (Å²) in [6.07, 6.45) is 12.5. The van der Waals surface area contributed by atoms with Gasteiger partial charge in [0.15, 0.2) is 16.6 Å². The lowest BCUT2D eigenvalue weighted by atomic mass is 9.53. The number of amides is 5. The van der Waals surface area contributed by atoms with Gasteiger partial charge in [-0.2, -0.15) is 0 Å². The first-order valence-corrected chi connectivity index (χ1v) is 24.5. The van der Waals surface area contributed by atoms with Crippen molar-refractivity contribution in [1.82, 2.24) is 40.1 Å². The number of anilines is 2. The highest BCUT2D eigenvalue weighted by Gasteiger charge is 2.73. The van der Waals surface area contributed by atoms with E-state index in [2.05, 4.69) is 66.7 Å². The summed E-state index contributed by atoms with van der Waals surface area (Å²) in [5.74, 6) is 5.36. The Labute approximate surface area is 400 Å². The van der Waals surface area contributed by atoms with Crippen molar-refractivity contribution in [2.75, 3.05) is 56.0 Å². The fourth-order valence-corrected chi connectivity index (χ4v) is 12.5. The molecular weight excluding hydrogens is 895 g/mol. The number of imide groups is 1. The predicted molar refractivity (Wildman–Crippen MR) is 255 cm³/mol. The zero-order chi connectivity index (χ0) is 46.7. The number of piperazine rings is 1. The fraction of sp³-hybridized carbons (Fsp3) is 0.520. The fourth-order valence-electron chi connectivity index (χ4n) is 12.1. The van der Waals surface area contributed by atoms with Crippen LogP contribution >= 0.6 is 23.2 Å². The summed E-state index contributed by atoms with van der Waals surface area (Å²) in [5, 5.41) is 12.8. The van der Waals surface area contributed by atoms with Gasteiger partial charge in [0.05, 0.1) is 17.8 Å². The molecule has 352 valence electrons. The number of aromatic nitrogens is 3. The molecule has 5 amide bonds. The van der Waals surface area contributed by atoms with Crippen molar-refractivity contribution in [3.05, 3.63) is 87.7 Å². The molecule has 14 nitrogen and oxygen atoms in total. The van der Waals surface area contributed by atoms with Crippen LogP contribution in [-0.2, 0) is 19.8 Å². The molecule has 4 aliphatic heterocycles. The number of benzene rings is 1. The first-order valence-electron chi connectivity index (χ1n) is 23.8. The van der Waals surface area contributed by atoms with Gasteiger partial charge in [0.2, 0.25) is 17.7 Å². The topological polar surface area (TPSA) is 156 Å². The van der Waals surface area contributed by atoms with Crippen LogP contribution in [0.4, 0.5) is 20.7 Å². The maximum atomic E-state index is 16.4. The Morgan fingerprint density at radius 3 is 2.46 bits per heavy atom. The minimum absolute atomic E-state index is 0.0399. The highest BCUT2D eigenvalue weighted by molar-refractivity contribution is 6.31. The van der Waals surface area contributed by atoms with Crippen LogP contribution in [0.25, 0.3) is 5.65 Å². The van der Waals surface area contributed by atoms with Crippen LogP contribution in [0, 0.1) is 29.0 Å². The third-order valence-electron chi connectivity index (χ3n) is 15.7. The van der Waals surface area contributed by atoms with Gasteiger partial charge >= 0.3 is 6.03 Å². The van der Waals surface area contributed by atoms with Crippen LogP contribution in [0.2, 0.25) is 10.2 Å². The summed E-state index contributed by atoms with van der Waals surface area (Å²) >= 11 is 12.8. The minimum atomic E-state index is -1.31. The van der Waals surface area contributed by atoms with Crippen LogP contribution in [0.15, 0.2) is 55.0 Å². The third-order valence-corrected chi connectivity index (χ3v) is 16.2. The van der Waals surface area contributed by atoms with E-state index in [1.807, 2.05) is 28.8 Å². The molecule has 67 heavy (non-hydrogen) atoms. The number of nitrogens with zero attached hydrogens (tertiary/aromatic N) is 6. The van der Waals surface area contributed by atoms with Crippen molar-refractivity contribution in [2.45, 2.75) is 107 Å². The second-order valence-corrected chi connectivity index (χ2v) is 21.0. The molecule has 2 aliphatic carbocycles. The van der Waals surface area contributed by atoms with Crippen LogP contribution < -0.4 is 26.2 Å². The monoisotopic (exact) mass is 950 g/mol. The van der Waals surface area contributed by atoms with E-state index < -0.39 is 34.8 Å². The van der Waals surface area contributed by atoms with Crippen molar-refractivity contribution >= 4 is 64.1 Å². The molecule has 7 heterocycles. The van der Waals surface area contributed by atoms with Crippen molar-refractivity contribution in [3.63, 3.8) is 0 Å². The van der Waals surface area contributed by atoms with E-state index in [9.17, 15) is 19.2 Å². The van der Waals surface area contributed by atoms with Crippen molar-refractivity contribution < 1.29 is 23.6 Å². The lowest BCUT2D eigenvalue weighted by Crippen LogP contribution is -2.61. The average Bonchev–Trinajstić information content (AvgIpc) is 3.96. The number of rotatable bonds is 8. The van der Waals surface area contributed by atoms with Crippen molar-refractivity contribution in [3.8, 4) is 11.8 Å². The zero-order valence-electron chi connectivity index (χ0n) is 38.0. The predicted octanol–water partition coefficient (Wildman–Crippen LogP) is 6.64. The van der Waals surface area contributed by atoms with Gasteiger partial charge in [-0.25, -0.2) is 19.2 Å². The molecule has 1 unspecified atom stereocenters. The van der Waals surface area contributed by atoms with Crippen molar-refractivity contribution in [1.29, 1.82) is 0 Å². The Kier molecular flexibility index (Phi) is 12.3. The second-order valence-electron chi connectivity index (χ2n) is 20.2. The van der Waals surface area contributed by atoms with Gasteiger partial charge in [0.1, 0.15) is 11.2 Å². The van der Waals surface area contributed by atoms with Gasteiger partial charge in [-0.15, -0.1) is 0 Å². The molecule has 3 atom stereocenters. The summed E-state index contributed by atoms with van der Waals surface area (Å²) < 4.78 is 18.2. The van der Waals surface area contributed by atoms with Gasteiger partial charge in [-0.1, -0.05) is 55.0 Å². The Hall–Kier alpha value is -5.11. The van der Waals surface area contributed by atoms with E-state index in [1.165, 1.54) is 11.1 Å². The quantitative estimate of drug-likeness (QED) is 0.112. The smallest absolute Gasteiger partial charge is 0.329 e. The number of urea groups is 1. The van der Waals surface area contributed by atoms with E-state index in [-0.39, 0.29) is 46.3 Å². The van der Waals surface area contributed by atoms with Gasteiger partial charge in [-0.05, 0) is 104 Å². The first kappa shape index (κ1) is 45.7. The number of pyridine rings is 2. The Morgan fingerprint density at radius 1 is 0.940 bits per heavy atom. The number of carbonyl (C=O) groups excluding carboxylic acids is 4. The largest absolute Gasteiger partial charge is 0.352 e. The normalized spacial score (nSPS) is 27.2. The number of hydrogen-bond donors (Lipinski definition) is 4. The molecule has 0 bridgehead atoms. The molecular formula is C50H57Cl2FN10O4. The van der Waals surface area contributed by atoms with E-state index >= 15 is 4.39 Å². The molecule has 6 aliphatic rings. The maximum Gasteiger partial charge on any atom is 0.329 e. The minimum Gasteiger partial charge on any atom is -0.352 e. The van der Waals surface area contributed by atoms with E-state index in [0.29, 0.717) is 47.5 Å². The Bertz CT molecular complexity index is 2670. The Morgan fingerprint density at radius 2 is 1.70 bits per heavy atom. The summed E-state index contributed by atoms with van der Waals surface area (Å²) in [7, 11) is 0. The lowest BCUT2D eigenvalue weighted by Gasteiger charge is -2.50.